The van der Waals surface area contributed by atoms with Crippen LogP contribution in [0.25, 0.3) is 0 Å². The van der Waals surface area contributed by atoms with Crippen LogP contribution in [0.1, 0.15) is 30.2 Å². The van der Waals surface area contributed by atoms with Gasteiger partial charge >= 0.3 is 0 Å². The highest BCUT2D eigenvalue weighted by Crippen LogP contribution is 2.29. The van der Waals surface area contributed by atoms with Crippen LogP contribution in [-0.4, -0.2) is 49.7 Å². The van der Waals surface area contributed by atoms with Crippen molar-refractivity contribution in [2.45, 2.75) is 30.9 Å². The number of hydrogen-bond acceptors (Lipinski definition) is 7. The van der Waals surface area contributed by atoms with Crippen molar-refractivity contribution < 1.29 is 22.4 Å². The van der Waals surface area contributed by atoms with Crippen LogP contribution >= 0.6 is 0 Å². The number of nitrogens with zero attached hydrogens (tertiary/aromatic N) is 3. The van der Waals surface area contributed by atoms with Crippen molar-refractivity contribution in [2.24, 2.45) is 0 Å². The first-order valence-corrected chi connectivity index (χ1v) is 9.50. The van der Waals surface area contributed by atoms with Crippen molar-refractivity contribution in [3.05, 3.63) is 41.5 Å². The molecule has 0 amide bonds. The van der Waals surface area contributed by atoms with Crippen molar-refractivity contribution >= 4 is 10.0 Å². The summed E-state index contributed by atoms with van der Waals surface area (Å²) in [6.45, 7) is 2.93. The molecule has 1 atom stereocenters. The zero-order valence-electron chi connectivity index (χ0n) is 14.2. The van der Waals surface area contributed by atoms with Crippen LogP contribution in [0.4, 0.5) is 0 Å². The number of aromatic nitrogens is 2. The molecule has 8 nitrogen and oxygen atoms in total. The molecular weight excluding hydrogens is 346 g/mol. The molecule has 136 valence electrons. The number of morpholine rings is 1. The molecule has 1 saturated heterocycles. The van der Waals surface area contributed by atoms with Crippen LogP contribution in [0.2, 0.25) is 0 Å². The molecule has 1 aromatic heterocycles. The highest BCUT2D eigenvalue weighted by atomic mass is 32.2. The summed E-state index contributed by atoms with van der Waals surface area (Å²) in [5.41, 5.74) is 1.08. The molecular formula is C16H21N3O5S. The summed E-state index contributed by atoms with van der Waals surface area (Å²) in [5, 5.41) is 3.89. The molecule has 1 aromatic carbocycles. The minimum atomic E-state index is -3.69. The Morgan fingerprint density at radius 1 is 1.32 bits per heavy atom. The third-order valence-corrected chi connectivity index (χ3v) is 5.99. The lowest BCUT2D eigenvalue weighted by Crippen LogP contribution is -2.43. The monoisotopic (exact) mass is 367 g/mol. The maximum absolute atomic E-state index is 13.1. The molecule has 0 bridgehead atoms. The Balaban J connectivity index is 1.90. The maximum atomic E-state index is 13.1. The van der Waals surface area contributed by atoms with E-state index in [0.29, 0.717) is 12.5 Å². The van der Waals surface area contributed by atoms with Gasteiger partial charge in [-0.15, -0.1) is 0 Å². The van der Waals surface area contributed by atoms with Crippen LogP contribution in [0, 0.1) is 0 Å². The molecule has 0 spiro atoms. The van der Waals surface area contributed by atoms with E-state index in [1.807, 2.05) is 19.1 Å². The van der Waals surface area contributed by atoms with Gasteiger partial charge in [0.25, 0.3) is 5.89 Å². The minimum Gasteiger partial charge on any atom is -0.378 e. The highest BCUT2D eigenvalue weighted by molar-refractivity contribution is 7.89. The third-order valence-electron chi connectivity index (χ3n) is 4.07. The van der Waals surface area contributed by atoms with Gasteiger partial charge in [-0.3, -0.25) is 0 Å². The average Bonchev–Trinajstić information content (AvgIpc) is 3.10. The maximum Gasteiger partial charge on any atom is 0.252 e. The summed E-state index contributed by atoms with van der Waals surface area (Å²) in [6.07, 6.45) is 0.853. The van der Waals surface area contributed by atoms with Crippen LogP contribution in [0.15, 0.2) is 33.7 Å². The predicted octanol–water partition coefficient (Wildman–Crippen LogP) is 1.54. The Kier molecular flexibility index (Phi) is 5.48. The van der Waals surface area contributed by atoms with Gasteiger partial charge in [0.2, 0.25) is 10.0 Å². The summed E-state index contributed by atoms with van der Waals surface area (Å²) in [7, 11) is -2.17. The average molecular weight is 367 g/mol. The largest absolute Gasteiger partial charge is 0.378 e. The number of ether oxygens (including phenoxy) is 2. The molecule has 0 saturated carbocycles. The lowest BCUT2D eigenvalue weighted by molar-refractivity contribution is 0.0282. The smallest absolute Gasteiger partial charge is 0.252 e. The van der Waals surface area contributed by atoms with Gasteiger partial charge in [0, 0.05) is 13.7 Å². The quantitative estimate of drug-likeness (QED) is 0.764. The molecule has 1 aliphatic rings. The van der Waals surface area contributed by atoms with E-state index in [2.05, 4.69) is 10.1 Å². The van der Waals surface area contributed by atoms with Crippen molar-refractivity contribution in [3.8, 4) is 0 Å². The molecule has 0 N–H and O–H groups in total. The number of hydrogen-bond donors (Lipinski definition) is 0. The van der Waals surface area contributed by atoms with Crippen molar-refractivity contribution in [1.82, 2.24) is 14.4 Å². The van der Waals surface area contributed by atoms with E-state index in [4.69, 9.17) is 14.0 Å². The Morgan fingerprint density at radius 2 is 2.08 bits per heavy atom. The topological polar surface area (TPSA) is 94.8 Å². The van der Waals surface area contributed by atoms with Gasteiger partial charge in [0.15, 0.2) is 5.82 Å². The number of aryl methyl sites for hydroxylation is 1. The predicted molar refractivity (Wildman–Crippen MR) is 88.3 cm³/mol. The summed E-state index contributed by atoms with van der Waals surface area (Å²) >= 11 is 0. The number of methoxy groups -OCH3 is 1. The van der Waals surface area contributed by atoms with Crippen LogP contribution < -0.4 is 0 Å². The third kappa shape index (κ3) is 3.74. The fourth-order valence-corrected chi connectivity index (χ4v) is 4.25. The van der Waals surface area contributed by atoms with Crippen molar-refractivity contribution in [2.75, 3.05) is 26.9 Å². The molecule has 0 aliphatic carbocycles. The first-order chi connectivity index (χ1) is 12.1. The van der Waals surface area contributed by atoms with Crippen molar-refractivity contribution in [1.29, 1.82) is 0 Å². The van der Waals surface area contributed by atoms with Gasteiger partial charge in [-0.05, 0) is 24.1 Å². The van der Waals surface area contributed by atoms with E-state index in [-0.39, 0.29) is 30.5 Å². The highest BCUT2D eigenvalue weighted by Gasteiger charge is 2.37. The van der Waals surface area contributed by atoms with Crippen molar-refractivity contribution in [3.63, 3.8) is 0 Å². The molecule has 1 aliphatic heterocycles. The molecule has 3 rings (SSSR count). The van der Waals surface area contributed by atoms with Crippen LogP contribution in [0.5, 0.6) is 0 Å². The second kappa shape index (κ2) is 7.61. The summed E-state index contributed by atoms with van der Waals surface area (Å²) in [5.74, 6) is 0.577. The minimum absolute atomic E-state index is 0.172. The Morgan fingerprint density at radius 3 is 2.76 bits per heavy atom. The van der Waals surface area contributed by atoms with Gasteiger partial charge in [0.1, 0.15) is 12.6 Å². The van der Waals surface area contributed by atoms with Crippen LogP contribution in [0.3, 0.4) is 0 Å². The summed E-state index contributed by atoms with van der Waals surface area (Å²) in [4.78, 5) is 4.47. The Bertz CT molecular complexity index is 803. The second-order valence-electron chi connectivity index (χ2n) is 5.68. The van der Waals surface area contributed by atoms with Gasteiger partial charge in [-0.2, -0.15) is 9.29 Å². The standard InChI is InChI=1S/C16H21N3O5S/c1-3-12-4-6-13(7-5-12)25(20,21)19-8-9-23-10-14(19)16-17-15(11-22-2)24-18-16/h4-7,14H,3,8-11H2,1-2H3. The van der Waals surface area contributed by atoms with Gasteiger partial charge < -0.3 is 14.0 Å². The molecule has 1 unspecified atom stereocenters. The number of sulfonamides is 1. The Hall–Kier alpha value is -1.81. The molecule has 2 heterocycles. The SMILES string of the molecule is CCc1ccc(S(=O)(=O)N2CCOCC2c2noc(COC)n2)cc1. The van der Waals surface area contributed by atoms with E-state index in [9.17, 15) is 8.42 Å². The lowest BCUT2D eigenvalue weighted by atomic mass is 10.2. The molecule has 0 radical (unpaired) electrons. The normalized spacial score (nSPS) is 19.2. The zero-order valence-corrected chi connectivity index (χ0v) is 15.0. The number of rotatable bonds is 6. The molecule has 9 heteroatoms. The molecule has 1 fully saturated rings. The fraction of sp³-hybridized carbons (Fsp3) is 0.500. The Labute approximate surface area is 146 Å². The first kappa shape index (κ1) is 18.0. The summed E-state index contributed by atoms with van der Waals surface area (Å²) in [6, 6.07) is 6.29. The van der Waals surface area contributed by atoms with E-state index < -0.39 is 16.1 Å². The molecule has 25 heavy (non-hydrogen) atoms. The first-order valence-electron chi connectivity index (χ1n) is 8.06. The van der Waals surface area contributed by atoms with Crippen LogP contribution in [-0.2, 0) is 32.5 Å². The van der Waals surface area contributed by atoms with E-state index in [1.54, 1.807) is 12.1 Å². The van der Waals surface area contributed by atoms with Gasteiger partial charge in [-0.1, -0.05) is 24.2 Å². The fourth-order valence-electron chi connectivity index (χ4n) is 2.70. The van der Waals surface area contributed by atoms with Gasteiger partial charge in [-0.25, -0.2) is 8.42 Å². The van der Waals surface area contributed by atoms with Gasteiger partial charge in [0.05, 0.1) is 18.1 Å². The lowest BCUT2D eigenvalue weighted by Gasteiger charge is -2.32. The van der Waals surface area contributed by atoms with E-state index in [1.165, 1.54) is 11.4 Å². The number of benzene rings is 1. The second-order valence-corrected chi connectivity index (χ2v) is 7.57. The zero-order chi connectivity index (χ0) is 17.9. The van der Waals surface area contributed by atoms with E-state index >= 15 is 0 Å². The molecule has 2 aromatic rings. The van der Waals surface area contributed by atoms with E-state index in [0.717, 1.165) is 12.0 Å². The summed E-state index contributed by atoms with van der Waals surface area (Å²) < 4.78 is 43.0.